The molecule has 158 valence electrons. The zero-order valence-corrected chi connectivity index (χ0v) is 17.0. The van der Waals surface area contributed by atoms with E-state index in [1.54, 1.807) is 19.1 Å². The van der Waals surface area contributed by atoms with Crippen LogP contribution in [0.4, 0.5) is 9.18 Å². The maximum Gasteiger partial charge on any atom is 0.407 e. The summed E-state index contributed by atoms with van der Waals surface area (Å²) in [6, 6.07) is 19.0. The van der Waals surface area contributed by atoms with E-state index in [1.165, 1.54) is 6.07 Å². The number of aryl methyl sites for hydroxylation is 1. The van der Waals surface area contributed by atoms with Crippen LogP contribution in [0.3, 0.4) is 0 Å². The number of carboxylic acids is 1. The van der Waals surface area contributed by atoms with E-state index in [1.807, 2.05) is 48.5 Å². The number of aliphatic carboxylic acids is 1. The van der Waals surface area contributed by atoms with Gasteiger partial charge in [-0.05, 0) is 40.8 Å². The number of amides is 1. The number of carbonyl (C=O) groups excluding carboxylic acids is 1. The van der Waals surface area contributed by atoms with Crippen LogP contribution < -0.4 is 5.32 Å². The molecule has 6 heteroatoms. The van der Waals surface area contributed by atoms with Crippen molar-refractivity contribution >= 4 is 12.1 Å². The van der Waals surface area contributed by atoms with Gasteiger partial charge in [-0.15, -0.1) is 0 Å². The van der Waals surface area contributed by atoms with Crippen LogP contribution in [-0.2, 0) is 16.0 Å². The highest BCUT2D eigenvalue weighted by atomic mass is 19.1. The molecule has 0 fully saturated rings. The lowest BCUT2D eigenvalue weighted by atomic mass is 9.98. The van der Waals surface area contributed by atoms with Gasteiger partial charge in [0.25, 0.3) is 0 Å². The SMILES string of the molecule is Cc1ccc(F)c(C[C@@H](NC(=O)OCC2c3ccccc3-c3ccccc32)C(=O)O)c1. The fourth-order valence-electron chi connectivity index (χ4n) is 4.06. The van der Waals surface area contributed by atoms with Crippen LogP contribution >= 0.6 is 0 Å². The Hall–Kier alpha value is -3.67. The van der Waals surface area contributed by atoms with E-state index in [9.17, 15) is 19.1 Å². The Balaban J connectivity index is 1.45. The van der Waals surface area contributed by atoms with Gasteiger partial charge >= 0.3 is 12.1 Å². The molecule has 0 aromatic heterocycles. The minimum Gasteiger partial charge on any atom is -0.480 e. The van der Waals surface area contributed by atoms with Crippen molar-refractivity contribution in [3.05, 3.63) is 94.8 Å². The highest BCUT2D eigenvalue weighted by Gasteiger charge is 2.30. The molecule has 31 heavy (non-hydrogen) atoms. The van der Waals surface area contributed by atoms with Crippen LogP contribution in [0.5, 0.6) is 0 Å². The van der Waals surface area contributed by atoms with Gasteiger partial charge in [-0.2, -0.15) is 0 Å². The molecule has 3 aromatic rings. The van der Waals surface area contributed by atoms with Crippen LogP contribution in [0.25, 0.3) is 11.1 Å². The van der Waals surface area contributed by atoms with Gasteiger partial charge in [-0.1, -0.05) is 66.2 Å². The van der Waals surface area contributed by atoms with Crippen LogP contribution in [0, 0.1) is 12.7 Å². The van der Waals surface area contributed by atoms with Crippen molar-refractivity contribution in [2.45, 2.75) is 25.3 Å². The molecule has 0 spiro atoms. The van der Waals surface area contributed by atoms with Gasteiger partial charge in [0.2, 0.25) is 0 Å². The summed E-state index contributed by atoms with van der Waals surface area (Å²) in [6.07, 6.45) is -1.02. The molecule has 3 aromatic carbocycles. The van der Waals surface area contributed by atoms with Crippen LogP contribution in [0.15, 0.2) is 66.7 Å². The predicted octanol–water partition coefficient (Wildman–Crippen LogP) is 4.67. The number of benzene rings is 3. The number of rotatable bonds is 6. The van der Waals surface area contributed by atoms with Crippen molar-refractivity contribution in [3.8, 4) is 11.1 Å². The molecule has 0 radical (unpaired) electrons. The molecule has 0 unspecified atom stereocenters. The number of hydrogen-bond donors (Lipinski definition) is 2. The summed E-state index contributed by atoms with van der Waals surface area (Å²) in [4.78, 5) is 24.0. The average Bonchev–Trinajstić information content (AvgIpc) is 3.08. The average molecular weight is 419 g/mol. The lowest BCUT2D eigenvalue weighted by molar-refractivity contribution is -0.139. The molecule has 0 saturated heterocycles. The van der Waals surface area contributed by atoms with Crippen LogP contribution in [0.2, 0.25) is 0 Å². The number of carboxylic acid groups (broad SMARTS) is 1. The Kier molecular flexibility index (Phi) is 5.71. The van der Waals surface area contributed by atoms with Crippen LogP contribution in [-0.4, -0.2) is 29.8 Å². The third-order valence-corrected chi connectivity index (χ3v) is 5.56. The normalized spacial score (nSPS) is 13.2. The Morgan fingerprint density at radius 2 is 1.65 bits per heavy atom. The lowest BCUT2D eigenvalue weighted by Gasteiger charge is -2.18. The molecular formula is C25H22FNO4. The summed E-state index contributed by atoms with van der Waals surface area (Å²) >= 11 is 0. The summed E-state index contributed by atoms with van der Waals surface area (Å²) < 4.78 is 19.4. The number of hydrogen-bond acceptors (Lipinski definition) is 3. The highest BCUT2D eigenvalue weighted by molar-refractivity contribution is 5.81. The first-order valence-electron chi connectivity index (χ1n) is 10.0. The van der Waals surface area contributed by atoms with Crippen molar-refractivity contribution in [3.63, 3.8) is 0 Å². The molecule has 0 saturated carbocycles. The smallest absolute Gasteiger partial charge is 0.407 e. The van der Waals surface area contributed by atoms with Crippen molar-refractivity contribution in [2.24, 2.45) is 0 Å². The number of nitrogens with one attached hydrogen (secondary N) is 1. The van der Waals surface area contributed by atoms with Crippen molar-refractivity contribution in [1.82, 2.24) is 5.32 Å². The number of ether oxygens (including phenoxy) is 1. The van der Waals surface area contributed by atoms with Gasteiger partial charge in [0.15, 0.2) is 0 Å². The lowest BCUT2D eigenvalue weighted by Crippen LogP contribution is -2.43. The summed E-state index contributed by atoms with van der Waals surface area (Å²) in [5.74, 6) is -1.89. The predicted molar refractivity (Wildman–Crippen MR) is 114 cm³/mol. The summed E-state index contributed by atoms with van der Waals surface area (Å²) in [5.41, 5.74) is 5.37. The molecule has 0 heterocycles. The van der Waals surface area contributed by atoms with Gasteiger partial charge in [0, 0.05) is 12.3 Å². The van der Waals surface area contributed by atoms with Gasteiger partial charge in [-0.3, -0.25) is 0 Å². The van der Waals surface area contributed by atoms with Gasteiger partial charge < -0.3 is 15.2 Å². The Bertz CT molecular complexity index is 1100. The number of fused-ring (bicyclic) bond motifs is 3. The van der Waals surface area contributed by atoms with Crippen molar-refractivity contribution in [1.29, 1.82) is 0 Å². The number of halogens is 1. The largest absolute Gasteiger partial charge is 0.480 e. The quantitative estimate of drug-likeness (QED) is 0.609. The fraction of sp³-hybridized carbons (Fsp3) is 0.200. The fourth-order valence-corrected chi connectivity index (χ4v) is 4.06. The van der Waals surface area contributed by atoms with E-state index in [2.05, 4.69) is 5.32 Å². The van der Waals surface area contributed by atoms with E-state index >= 15 is 0 Å². The molecule has 5 nitrogen and oxygen atoms in total. The van der Waals surface area contributed by atoms with E-state index in [0.717, 1.165) is 27.8 Å². The summed E-state index contributed by atoms with van der Waals surface area (Å²) in [5, 5.41) is 11.8. The molecule has 1 atom stereocenters. The Morgan fingerprint density at radius 1 is 1.03 bits per heavy atom. The Labute approximate surface area is 179 Å². The molecule has 1 amide bonds. The van der Waals surface area contributed by atoms with Crippen molar-refractivity contribution < 1.29 is 23.8 Å². The van der Waals surface area contributed by atoms with Gasteiger partial charge in [0.1, 0.15) is 18.5 Å². The van der Waals surface area contributed by atoms with Crippen molar-refractivity contribution in [2.75, 3.05) is 6.61 Å². The topological polar surface area (TPSA) is 75.6 Å². The van der Waals surface area contributed by atoms with E-state index < -0.39 is 23.9 Å². The third-order valence-electron chi connectivity index (χ3n) is 5.56. The Morgan fingerprint density at radius 3 is 2.26 bits per heavy atom. The molecule has 1 aliphatic rings. The first-order chi connectivity index (χ1) is 14.9. The maximum absolute atomic E-state index is 14.0. The second-order valence-corrected chi connectivity index (χ2v) is 7.66. The number of carbonyl (C=O) groups is 2. The molecule has 0 aliphatic heterocycles. The monoisotopic (exact) mass is 419 g/mol. The zero-order valence-electron chi connectivity index (χ0n) is 17.0. The molecule has 4 rings (SSSR count). The zero-order chi connectivity index (χ0) is 22.0. The summed E-state index contributed by atoms with van der Waals surface area (Å²) in [7, 11) is 0. The maximum atomic E-state index is 14.0. The van der Waals surface area contributed by atoms with E-state index in [-0.39, 0.29) is 24.5 Å². The second kappa shape index (κ2) is 8.60. The molecule has 2 N–H and O–H groups in total. The third kappa shape index (κ3) is 4.28. The van der Waals surface area contributed by atoms with E-state index in [4.69, 9.17) is 4.74 Å². The summed E-state index contributed by atoms with van der Waals surface area (Å²) in [6.45, 7) is 1.86. The molecule has 0 bridgehead atoms. The molecular weight excluding hydrogens is 397 g/mol. The van der Waals surface area contributed by atoms with Crippen LogP contribution in [0.1, 0.15) is 28.2 Å². The number of alkyl carbamates (subject to hydrolysis) is 1. The highest BCUT2D eigenvalue weighted by Crippen LogP contribution is 2.44. The van der Waals surface area contributed by atoms with Gasteiger partial charge in [-0.25, -0.2) is 14.0 Å². The first-order valence-corrected chi connectivity index (χ1v) is 10.0. The molecule has 1 aliphatic carbocycles. The minimum absolute atomic E-state index is 0.0744. The standard InChI is InChI=1S/C25H22FNO4/c1-15-10-11-22(26)16(12-15)13-23(24(28)29)27-25(30)31-14-21-19-8-4-2-6-17(19)18-7-3-5-9-20(18)21/h2-12,21,23H,13-14H2,1H3,(H,27,30)(H,28,29)/t23-/m1/s1. The second-order valence-electron chi connectivity index (χ2n) is 7.66. The van der Waals surface area contributed by atoms with E-state index in [0.29, 0.717) is 0 Å². The first kappa shape index (κ1) is 20.6. The van der Waals surface area contributed by atoms with Gasteiger partial charge in [0.05, 0.1) is 0 Å². The minimum atomic E-state index is -1.30.